The second-order valence-electron chi connectivity index (χ2n) is 6.02. The van der Waals surface area contributed by atoms with E-state index in [1.54, 1.807) is 19.2 Å². The van der Waals surface area contributed by atoms with E-state index in [1.165, 1.54) is 23.3 Å². The molecule has 0 atom stereocenters. The summed E-state index contributed by atoms with van der Waals surface area (Å²) < 4.78 is 24.1. The zero-order valence-corrected chi connectivity index (χ0v) is 17.7. The summed E-state index contributed by atoms with van der Waals surface area (Å²) in [5.74, 6) is 1.95. The van der Waals surface area contributed by atoms with E-state index in [-0.39, 0.29) is 29.8 Å². The highest BCUT2D eigenvalue weighted by Gasteiger charge is 2.11. The topological polar surface area (TPSA) is 54.9 Å². The van der Waals surface area contributed by atoms with Crippen molar-refractivity contribution in [2.24, 2.45) is 4.99 Å². The third-order valence-electron chi connectivity index (χ3n) is 4.14. The average Bonchev–Trinajstić information content (AvgIpc) is 3.11. The van der Waals surface area contributed by atoms with Gasteiger partial charge in [-0.25, -0.2) is 4.39 Å². The van der Waals surface area contributed by atoms with E-state index in [1.807, 2.05) is 0 Å². The molecule has 2 aromatic rings. The smallest absolute Gasteiger partial charge is 0.191 e. The molecule has 0 radical (unpaired) electrons. The lowest BCUT2D eigenvalue weighted by atomic mass is 10.1. The summed E-state index contributed by atoms with van der Waals surface area (Å²) >= 11 is 0. The molecule has 2 N–H and O–H groups in total. The Bertz CT molecular complexity index is 771. The van der Waals surface area contributed by atoms with Gasteiger partial charge in [-0.3, -0.25) is 4.99 Å². The number of guanidine groups is 1. The summed E-state index contributed by atoms with van der Waals surface area (Å²) in [5, 5.41) is 6.47. The molecule has 146 valence electrons. The van der Waals surface area contributed by atoms with Crippen LogP contribution in [0.2, 0.25) is 0 Å². The summed E-state index contributed by atoms with van der Waals surface area (Å²) in [7, 11) is 1.73. The molecule has 0 aliphatic carbocycles. The van der Waals surface area contributed by atoms with Crippen LogP contribution in [0.4, 0.5) is 4.39 Å². The highest BCUT2D eigenvalue weighted by Crippen LogP contribution is 2.25. The number of rotatable bonds is 7. The third-order valence-corrected chi connectivity index (χ3v) is 4.14. The summed E-state index contributed by atoms with van der Waals surface area (Å²) in [4.78, 5) is 4.19. The van der Waals surface area contributed by atoms with E-state index in [0.717, 1.165) is 37.7 Å². The first-order chi connectivity index (χ1) is 12.7. The first-order valence-electron chi connectivity index (χ1n) is 8.82. The summed E-state index contributed by atoms with van der Waals surface area (Å²) in [5.41, 5.74) is 2.58. The highest BCUT2D eigenvalue weighted by molar-refractivity contribution is 14.0. The Morgan fingerprint density at radius 2 is 2.04 bits per heavy atom. The maximum absolute atomic E-state index is 13.1. The van der Waals surface area contributed by atoms with Crippen LogP contribution in [-0.2, 0) is 12.8 Å². The standard InChI is InChI=1S/C20H24FN3O2.HI/c1-22-20(24-10-12-25-18-4-2-3-17(21)14-18)23-9-7-15-5-6-19-16(13-15)8-11-26-19;/h2-6,13-14H,7-12H2,1H3,(H2,22,23,24);1H. The van der Waals surface area contributed by atoms with Crippen LogP contribution in [0, 0.1) is 5.82 Å². The predicted molar refractivity (Wildman–Crippen MR) is 116 cm³/mol. The first kappa shape index (κ1) is 21.3. The van der Waals surface area contributed by atoms with Gasteiger partial charge in [0.15, 0.2) is 5.96 Å². The normalized spacial score (nSPS) is 12.6. The molecule has 27 heavy (non-hydrogen) atoms. The largest absolute Gasteiger partial charge is 0.493 e. The highest BCUT2D eigenvalue weighted by atomic mass is 127. The van der Waals surface area contributed by atoms with Crippen LogP contribution in [0.3, 0.4) is 0 Å². The van der Waals surface area contributed by atoms with E-state index in [2.05, 4.69) is 33.8 Å². The van der Waals surface area contributed by atoms with Crippen molar-refractivity contribution in [3.8, 4) is 11.5 Å². The molecule has 2 aromatic carbocycles. The van der Waals surface area contributed by atoms with Gasteiger partial charge in [0.1, 0.15) is 23.9 Å². The maximum Gasteiger partial charge on any atom is 0.191 e. The van der Waals surface area contributed by atoms with Crippen molar-refractivity contribution in [2.75, 3.05) is 33.4 Å². The molecule has 7 heteroatoms. The molecular formula is C20H25FIN3O2. The van der Waals surface area contributed by atoms with Crippen LogP contribution in [-0.4, -0.2) is 39.3 Å². The molecule has 1 aliphatic rings. The number of nitrogens with one attached hydrogen (secondary N) is 2. The second kappa shape index (κ2) is 11.0. The van der Waals surface area contributed by atoms with Crippen molar-refractivity contribution < 1.29 is 13.9 Å². The fraction of sp³-hybridized carbons (Fsp3) is 0.350. The van der Waals surface area contributed by atoms with Crippen LogP contribution in [0.15, 0.2) is 47.5 Å². The third kappa shape index (κ3) is 6.57. The van der Waals surface area contributed by atoms with Gasteiger partial charge in [-0.15, -0.1) is 24.0 Å². The zero-order valence-electron chi connectivity index (χ0n) is 15.3. The van der Waals surface area contributed by atoms with Gasteiger partial charge in [0.25, 0.3) is 0 Å². The SMILES string of the molecule is CN=C(NCCOc1cccc(F)c1)NCCc1ccc2c(c1)CCO2.I. The number of halogens is 2. The van der Waals surface area contributed by atoms with E-state index in [0.29, 0.717) is 18.9 Å². The molecule has 0 bridgehead atoms. The molecule has 0 saturated carbocycles. The number of aliphatic imine (C=N–C) groups is 1. The van der Waals surface area contributed by atoms with Crippen molar-refractivity contribution in [2.45, 2.75) is 12.8 Å². The van der Waals surface area contributed by atoms with Gasteiger partial charge in [0.05, 0.1) is 13.2 Å². The average molecular weight is 485 g/mol. The fourth-order valence-electron chi connectivity index (χ4n) is 2.84. The van der Waals surface area contributed by atoms with E-state index >= 15 is 0 Å². The Balaban J connectivity index is 0.00000261. The molecule has 0 unspecified atom stereocenters. The lowest BCUT2D eigenvalue weighted by Gasteiger charge is -2.13. The molecule has 0 amide bonds. The number of hydrogen-bond donors (Lipinski definition) is 2. The summed E-state index contributed by atoms with van der Waals surface area (Å²) in [6, 6.07) is 12.5. The number of ether oxygens (including phenoxy) is 2. The zero-order chi connectivity index (χ0) is 18.2. The van der Waals surface area contributed by atoms with Crippen molar-refractivity contribution >= 4 is 29.9 Å². The first-order valence-corrected chi connectivity index (χ1v) is 8.82. The van der Waals surface area contributed by atoms with Crippen molar-refractivity contribution in [1.29, 1.82) is 0 Å². The van der Waals surface area contributed by atoms with Gasteiger partial charge in [0, 0.05) is 26.1 Å². The van der Waals surface area contributed by atoms with E-state index in [9.17, 15) is 4.39 Å². The van der Waals surface area contributed by atoms with Crippen LogP contribution in [0.25, 0.3) is 0 Å². The molecular weight excluding hydrogens is 460 g/mol. The van der Waals surface area contributed by atoms with Crippen molar-refractivity contribution in [1.82, 2.24) is 10.6 Å². The number of benzene rings is 2. The monoisotopic (exact) mass is 485 g/mol. The Hall–Kier alpha value is -2.03. The van der Waals surface area contributed by atoms with Crippen LogP contribution in [0.1, 0.15) is 11.1 Å². The van der Waals surface area contributed by atoms with Crippen LogP contribution >= 0.6 is 24.0 Å². The van der Waals surface area contributed by atoms with Crippen LogP contribution in [0.5, 0.6) is 11.5 Å². The second-order valence-corrected chi connectivity index (χ2v) is 6.02. The molecule has 1 heterocycles. The molecule has 0 spiro atoms. The Morgan fingerprint density at radius 3 is 2.85 bits per heavy atom. The fourth-order valence-corrected chi connectivity index (χ4v) is 2.84. The Labute approximate surface area is 176 Å². The van der Waals surface area contributed by atoms with Crippen molar-refractivity contribution in [3.05, 3.63) is 59.4 Å². The number of hydrogen-bond acceptors (Lipinski definition) is 3. The Morgan fingerprint density at radius 1 is 1.19 bits per heavy atom. The Kier molecular flexibility index (Phi) is 8.63. The summed E-state index contributed by atoms with van der Waals surface area (Å²) in [6.07, 6.45) is 1.90. The lowest BCUT2D eigenvalue weighted by molar-refractivity contribution is 0.320. The summed E-state index contributed by atoms with van der Waals surface area (Å²) in [6.45, 7) is 2.57. The van der Waals surface area contributed by atoms with Gasteiger partial charge in [0.2, 0.25) is 0 Å². The molecule has 0 fully saturated rings. The number of fused-ring (bicyclic) bond motifs is 1. The molecule has 0 aromatic heterocycles. The molecule has 5 nitrogen and oxygen atoms in total. The molecule has 1 aliphatic heterocycles. The minimum Gasteiger partial charge on any atom is -0.493 e. The predicted octanol–water partition coefficient (Wildman–Crippen LogP) is 3.17. The van der Waals surface area contributed by atoms with Gasteiger partial charge in [-0.1, -0.05) is 18.2 Å². The van der Waals surface area contributed by atoms with Crippen molar-refractivity contribution in [3.63, 3.8) is 0 Å². The van der Waals surface area contributed by atoms with Gasteiger partial charge in [-0.05, 0) is 35.7 Å². The van der Waals surface area contributed by atoms with Gasteiger partial charge in [-0.2, -0.15) is 0 Å². The van der Waals surface area contributed by atoms with E-state index in [4.69, 9.17) is 9.47 Å². The van der Waals surface area contributed by atoms with E-state index < -0.39 is 0 Å². The number of nitrogens with zero attached hydrogens (tertiary/aromatic N) is 1. The van der Waals surface area contributed by atoms with Crippen LogP contribution < -0.4 is 20.1 Å². The maximum atomic E-state index is 13.1. The minimum absolute atomic E-state index is 0. The molecule has 3 rings (SSSR count). The minimum atomic E-state index is -0.300. The molecule has 0 saturated heterocycles. The van der Waals surface area contributed by atoms with Gasteiger partial charge >= 0.3 is 0 Å². The quantitative estimate of drug-likeness (QED) is 0.274. The lowest BCUT2D eigenvalue weighted by Crippen LogP contribution is -2.40. The van der Waals surface area contributed by atoms with Gasteiger partial charge < -0.3 is 20.1 Å².